The molecule has 5 nitrogen and oxygen atoms in total. The van der Waals surface area contributed by atoms with Crippen LogP contribution in [-0.2, 0) is 16.1 Å². The van der Waals surface area contributed by atoms with Gasteiger partial charge < -0.3 is 14.4 Å². The Morgan fingerprint density at radius 3 is 3.08 bits per heavy atom. The van der Waals surface area contributed by atoms with Crippen molar-refractivity contribution in [2.24, 2.45) is 5.92 Å². The summed E-state index contributed by atoms with van der Waals surface area (Å²) in [6, 6.07) is 8.51. The molecule has 0 N–H and O–H groups in total. The average molecular weight is 330 g/mol. The number of carbonyl (C=O) groups excluding carboxylic acids is 1. The van der Waals surface area contributed by atoms with Gasteiger partial charge in [-0.1, -0.05) is 26.0 Å². The van der Waals surface area contributed by atoms with Crippen LogP contribution >= 0.6 is 0 Å². The zero-order valence-corrected chi connectivity index (χ0v) is 14.5. The largest absolute Gasteiger partial charge is 0.493 e. The number of likely N-dealkylation sites (tertiary alicyclic amines) is 1. The minimum Gasteiger partial charge on any atom is -0.493 e. The molecule has 0 unspecified atom stereocenters. The van der Waals surface area contributed by atoms with Gasteiger partial charge in [0.1, 0.15) is 5.75 Å². The molecule has 0 bridgehead atoms. The van der Waals surface area contributed by atoms with E-state index in [1.54, 1.807) is 0 Å². The summed E-state index contributed by atoms with van der Waals surface area (Å²) in [5, 5.41) is 0. The van der Waals surface area contributed by atoms with Crippen LogP contribution in [-0.4, -0.2) is 53.8 Å². The number of hydrogen-bond acceptors (Lipinski definition) is 4. The van der Waals surface area contributed by atoms with Crippen LogP contribution in [0, 0.1) is 5.92 Å². The van der Waals surface area contributed by atoms with Crippen LogP contribution in [0.25, 0.3) is 0 Å². The van der Waals surface area contributed by atoms with Gasteiger partial charge >= 0.3 is 0 Å². The molecule has 0 saturated carbocycles. The lowest BCUT2D eigenvalue weighted by Crippen LogP contribution is -2.47. The molecule has 5 heteroatoms. The quantitative estimate of drug-likeness (QED) is 0.830. The molecule has 3 aliphatic rings. The molecule has 0 aromatic heterocycles. The SMILES string of the molecule is CC(C)COc1cccc(CN2CC[C@@]34OCCN3C(=O)C[C@@H]24)c1. The molecule has 1 aromatic rings. The van der Waals surface area contributed by atoms with Crippen LogP contribution in [0.1, 0.15) is 32.3 Å². The van der Waals surface area contributed by atoms with E-state index in [4.69, 9.17) is 9.47 Å². The number of hydrogen-bond donors (Lipinski definition) is 0. The Labute approximate surface area is 143 Å². The summed E-state index contributed by atoms with van der Waals surface area (Å²) in [4.78, 5) is 16.6. The zero-order valence-electron chi connectivity index (χ0n) is 14.5. The topological polar surface area (TPSA) is 42.0 Å². The van der Waals surface area contributed by atoms with E-state index in [1.807, 2.05) is 11.0 Å². The third-order valence-corrected chi connectivity index (χ3v) is 5.38. The molecule has 130 valence electrons. The molecule has 1 amide bonds. The Morgan fingerprint density at radius 2 is 2.25 bits per heavy atom. The maximum Gasteiger partial charge on any atom is 0.226 e. The molecule has 3 heterocycles. The average Bonchev–Trinajstić information content (AvgIpc) is 3.19. The number of amides is 1. The van der Waals surface area contributed by atoms with Crippen molar-refractivity contribution in [1.29, 1.82) is 0 Å². The number of rotatable bonds is 5. The Balaban J connectivity index is 1.47. The fourth-order valence-electron chi connectivity index (χ4n) is 4.30. The predicted octanol–water partition coefficient (Wildman–Crippen LogP) is 2.25. The second-order valence-corrected chi connectivity index (χ2v) is 7.53. The van der Waals surface area contributed by atoms with Crippen molar-refractivity contribution in [3.05, 3.63) is 29.8 Å². The fraction of sp³-hybridized carbons (Fsp3) is 0.632. The van der Waals surface area contributed by atoms with Gasteiger partial charge in [-0.2, -0.15) is 0 Å². The lowest BCUT2D eigenvalue weighted by Gasteiger charge is -2.31. The summed E-state index contributed by atoms with van der Waals surface area (Å²) >= 11 is 0. The van der Waals surface area contributed by atoms with Crippen LogP contribution in [0.15, 0.2) is 24.3 Å². The van der Waals surface area contributed by atoms with Crippen molar-refractivity contribution >= 4 is 5.91 Å². The Bertz CT molecular complexity index is 633. The van der Waals surface area contributed by atoms with Gasteiger partial charge in [-0.3, -0.25) is 9.69 Å². The van der Waals surface area contributed by atoms with Crippen LogP contribution in [0.4, 0.5) is 0 Å². The van der Waals surface area contributed by atoms with Crippen molar-refractivity contribution < 1.29 is 14.3 Å². The molecule has 1 spiro atoms. The van der Waals surface area contributed by atoms with E-state index in [0.29, 0.717) is 18.9 Å². The molecule has 24 heavy (non-hydrogen) atoms. The molecule has 3 fully saturated rings. The van der Waals surface area contributed by atoms with Gasteiger partial charge in [0, 0.05) is 32.5 Å². The second kappa shape index (κ2) is 6.05. The van der Waals surface area contributed by atoms with Gasteiger partial charge in [0.05, 0.1) is 19.3 Å². The molecule has 4 rings (SSSR count). The molecule has 3 saturated heterocycles. The Morgan fingerprint density at radius 1 is 1.38 bits per heavy atom. The van der Waals surface area contributed by atoms with E-state index in [-0.39, 0.29) is 17.7 Å². The Hall–Kier alpha value is -1.59. The van der Waals surface area contributed by atoms with E-state index >= 15 is 0 Å². The summed E-state index contributed by atoms with van der Waals surface area (Å²) in [5.41, 5.74) is 0.889. The molecule has 2 atom stereocenters. The van der Waals surface area contributed by atoms with Gasteiger partial charge in [-0.15, -0.1) is 0 Å². The van der Waals surface area contributed by atoms with Gasteiger partial charge in [0.25, 0.3) is 0 Å². The highest BCUT2D eigenvalue weighted by molar-refractivity contribution is 5.81. The molecular formula is C19H26N2O3. The molecule has 3 aliphatic heterocycles. The van der Waals surface area contributed by atoms with Gasteiger partial charge in [-0.05, 0) is 23.6 Å². The fourth-order valence-corrected chi connectivity index (χ4v) is 4.30. The normalized spacial score (nSPS) is 29.4. The number of benzene rings is 1. The molecule has 0 aliphatic carbocycles. The number of carbonyl (C=O) groups is 1. The van der Waals surface area contributed by atoms with Gasteiger partial charge in [0.15, 0.2) is 5.72 Å². The van der Waals surface area contributed by atoms with E-state index in [9.17, 15) is 4.79 Å². The van der Waals surface area contributed by atoms with Crippen molar-refractivity contribution in [2.45, 2.75) is 45.0 Å². The van der Waals surface area contributed by atoms with Crippen molar-refractivity contribution in [3.8, 4) is 5.75 Å². The maximum absolute atomic E-state index is 12.3. The summed E-state index contributed by atoms with van der Waals surface area (Å²) in [5.74, 6) is 1.69. The molecule has 1 aromatic carbocycles. The highest BCUT2D eigenvalue weighted by Gasteiger charge is 2.61. The van der Waals surface area contributed by atoms with Crippen molar-refractivity contribution in [3.63, 3.8) is 0 Å². The standard InChI is InChI=1S/C19H26N2O3/c1-14(2)13-23-16-5-3-4-15(10-16)12-20-7-6-19-17(20)11-18(22)21(19)8-9-24-19/h3-5,10,14,17H,6-9,11-13H2,1-2H3/t17-,19+/m1/s1. The predicted molar refractivity (Wildman–Crippen MR) is 90.6 cm³/mol. The van der Waals surface area contributed by atoms with E-state index in [0.717, 1.165) is 38.4 Å². The first kappa shape index (κ1) is 15.9. The summed E-state index contributed by atoms with van der Waals surface area (Å²) < 4.78 is 11.9. The monoisotopic (exact) mass is 330 g/mol. The first-order chi connectivity index (χ1) is 11.6. The zero-order chi connectivity index (χ0) is 16.7. The van der Waals surface area contributed by atoms with Gasteiger partial charge in [0.2, 0.25) is 5.91 Å². The van der Waals surface area contributed by atoms with Crippen LogP contribution in [0.3, 0.4) is 0 Å². The van der Waals surface area contributed by atoms with Crippen molar-refractivity contribution in [1.82, 2.24) is 9.80 Å². The van der Waals surface area contributed by atoms with Gasteiger partial charge in [-0.25, -0.2) is 0 Å². The van der Waals surface area contributed by atoms with Crippen LogP contribution in [0.2, 0.25) is 0 Å². The smallest absolute Gasteiger partial charge is 0.226 e. The third-order valence-electron chi connectivity index (χ3n) is 5.38. The molecular weight excluding hydrogens is 304 g/mol. The van der Waals surface area contributed by atoms with Crippen LogP contribution in [0.5, 0.6) is 5.75 Å². The van der Waals surface area contributed by atoms with Crippen molar-refractivity contribution in [2.75, 3.05) is 26.3 Å². The minimum atomic E-state index is -0.344. The second-order valence-electron chi connectivity index (χ2n) is 7.53. The minimum absolute atomic E-state index is 0.188. The Kier molecular flexibility index (Phi) is 4.01. The number of nitrogens with zero attached hydrogens (tertiary/aromatic N) is 2. The highest BCUT2D eigenvalue weighted by Crippen LogP contribution is 2.45. The summed E-state index contributed by atoms with van der Waals surface area (Å²) in [7, 11) is 0. The lowest BCUT2D eigenvalue weighted by atomic mass is 10.1. The van der Waals surface area contributed by atoms with E-state index < -0.39 is 0 Å². The summed E-state index contributed by atoms with van der Waals surface area (Å²) in [6.07, 6.45) is 1.51. The van der Waals surface area contributed by atoms with Crippen LogP contribution < -0.4 is 4.74 Å². The highest BCUT2D eigenvalue weighted by atomic mass is 16.5. The summed E-state index contributed by atoms with van der Waals surface area (Å²) in [6.45, 7) is 8.28. The lowest BCUT2D eigenvalue weighted by molar-refractivity contribution is -0.136. The van der Waals surface area contributed by atoms with E-state index in [2.05, 4.69) is 36.9 Å². The maximum atomic E-state index is 12.3. The first-order valence-electron chi connectivity index (χ1n) is 8.99. The molecule has 0 radical (unpaired) electrons. The number of ether oxygens (including phenoxy) is 2. The van der Waals surface area contributed by atoms with E-state index in [1.165, 1.54) is 5.56 Å². The third kappa shape index (κ3) is 2.60. The first-order valence-corrected chi connectivity index (χ1v) is 8.99.